The van der Waals surface area contributed by atoms with Crippen molar-refractivity contribution in [2.75, 3.05) is 0 Å². The van der Waals surface area contributed by atoms with Crippen molar-refractivity contribution >= 4 is 0 Å². The van der Waals surface area contributed by atoms with Gasteiger partial charge in [-0.15, -0.1) is 0 Å². The summed E-state index contributed by atoms with van der Waals surface area (Å²) in [6, 6.07) is 0. The fourth-order valence-electron chi connectivity index (χ4n) is 1.81. The molecule has 0 aromatic carbocycles. The molecule has 0 amide bonds. The van der Waals surface area contributed by atoms with Gasteiger partial charge in [0.25, 0.3) is 0 Å². The van der Waals surface area contributed by atoms with Crippen LogP contribution < -0.4 is 0 Å². The molecule has 72 valence electrons. The summed E-state index contributed by atoms with van der Waals surface area (Å²) in [7, 11) is 0. The van der Waals surface area contributed by atoms with Crippen molar-refractivity contribution in [1.82, 2.24) is 10.1 Å². The summed E-state index contributed by atoms with van der Waals surface area (Å²) in [5.74, 6) is 2.38. The molecule has 0 saturated heterocycles. The molecule has 0 radical (unpaired) electrons. The number of aromatic nitrogens is 2. The summed E-state index contributed by atoms with van der Waals surface area (Å²) in [5.41, 5.74) is 0.332. The van der Waals surface area contributed by atoms with Crippen LogP contribution in [0.4, 0.5) is 0 Å². The lowest BCUT2D eigenvalue weighted by Crippen LogP contribution is -2.17. The van der Waals surface area contributed by atoms with E-state index in [0.29, 0.717) is 5.41 Å². The van der Waals surface area contributed by atoms with Gasteiger partial charge in [-0.25, -0.2) is 0 Å². The largest absolute Gasteiger partial charge is 0.339 e. The van der Waals surface area contributed by atoms with Crippen LogP contribution in [-0.4, -0.2) is 10.1 Å². The van der Waals surface area contributed by atoms with Crippen LogP contribution in [0.1, 0.15) is 38.4 Å². The first-order chi connectivity index (χ1) is 6.08. The van der Waals surface area contributed by atoms with E-state index in [1.165, 1.54) is 12.8 Å². The van der Waals surface area contributed by atoms with Gasteiger partial charge >= 0.3 is 0 Å². The van der Waals surface area contributed by atoms with Crippen LogP contribution in [0.15, 0.2) is 4.52 Å². The molecule has 1 aromatic rings. The van der Waals surface area contributed by atoms with Crippen molar-refractivity contribution in [2.24, 2.45) is 11.3 Å². The number of aryl methyl sites for hydroxylation is 1. The molecule has 2 rings (SSSR count). The number of rotatable bonds is 3. The minimum atomic E-state index is 0.332. The highest BCUT2D eigenvalue weighted by atomic mass is 16.5. The van der Waals surface area contributed by atoms with Gasteiger partial charge in [0.05, 0.1) is 0 Å². The third kappa shape index (κ3) is 1.90. The molecule has 1 aliphatic rings. The molecule has 0 atom stereocenters. The van der Waals surface area contributed by atoms with E-state index in [4.69, 9.17) is 4.52 Å². The van der Waals surface area contributed by atoms with E-state index in [1.54, 1.807) is 0 Å². The summed E-state index contributed by atoms with van der Waals surface area (Å²) in [5, 5.41) is 3.79. The Kier molecular flexibility index (Phi) is 1.90. The Morgan fingerprint density at radius 2 is 2.15 bits per heavy atom. The first-order valence-corrected chi connectivity index (χ1v) is 4.87. The van der Waals surface area contributed by atoms with Gasteiger partial charge in [0.2, 0.25) is 5.89 Å². The van der Waals surface area contributed by atoms with Crippen LogP contribution in [0.5, 0.6) is 0 Å². The van der Waals surface area contributed by atoms with Crippen LogP contribution in [0.3, 0.4) is 0 Å². The normalized spacial score (nSPS) is 17.8. The second kappa shape index (κ2) is 2.82. The van der Waals surface area contributed by atoms with E-state index in [9.17, 15) is 0 Å². The Bertz CT molecular complexity index is 300. The molecule has 0 N–H and O–H groups in total. The molecule has 3 heteroatoms. The molecule has 1 heterocycles. The lowest BCUT2D eigenvalue weighted by molar-refractivity contribution is 0.259. The zero-order valence-corrected chi connectivity index (χ0v) is 8.50. The first kappa shape index (κ1) is 8.73. The van der Waals surface area contributed by atoms with Crippen LogP contribution in [-0.2, 0) is 6.42 Å². The quantitative estimate of drug-likeness (QED) is 0.716. The van der Waals surface area contributed by atoms with E-state index in [0.717, 1.165) is 24.1 Å². The van der Waals surface area contributed by atoms with Crippen molar-refractivity contribution in [2.45, 2.75) is 40.0 Å². The highest BCUT2D eigenvalue weighted by Crippen LogP contribution is 2.46. The van der Waals surface area contributed by atoms with E-state index >= 15 is 0 Å². The lowest BCUT2D eigenvalue weighted by Gasteiger charge is -2.21. The number of hydrogen-bond acceptors (Lipinski definition) is 3. The molecular weight excluding hydrogens is 164 g/mol. The molecule has 0 aliphatic heterocycles. The van der Waals surface area contributed by atoms with Gasteiger partial charge in [-0.1, -0.05) is 19.0 Å². The van der Waals surface area contributed by atoms with Gasteiger partial charge in [0, 0.05) is 6.42 Å². The van der Waals surface area contributed by atoms with E-state index in [1.807, 2.05) is 6.92 Å². The summed E-state index contributed by atoms with van der Waals surface area (Å²) in [4.78, 5) is 4.23. The maximum atomic E-state index is 5.12. The Labute approximate surface area is 78.5 Å². The van der Waals surface area contributed by atoms with Crippen molar-refractivity contribution in [1.29, 1.82) is 0 Å². The highest BCUT2D eigenvalue weighted by Gasteiger charge is 2.38. The maximum Gasteiger partial charge on any atom is 0.227 e. The lowest BCUT2D eigenvalue weighted by atomic mass is 9.84. The third-order valence-electron chi connectivity index (χ3n) is 2.86. The molecule has 13 heavy (non-hydrogen) atoms. The Morgan fingerprint density at radius 1 is 1.46 bits per heavy atom. The van der Waals surface area contributed by atoms with E-state index in [2.05, 4.69) is 24.0 Å². The molecule has 0 spiro atoms. The van der Waals surface area contributed by atoms with Gasteiger partial charge in [-0.2, -0.15) is 4.98 Å². The minimum absolute atomic E-state index is 0.332. The van der Waals surface area contributed by atoms with Crippen LogP contribution in [0, 0.1) is 18.3 Å². The fraction of sp³-hybridized carbons (Fsp3) is 0.800. The molecule has 1 saturated carbocycles. The van der Waals surface area contributed by atoms with Crippen molar-refractivity contribution in [3.05, 3.63) is 11.7 Å². The van der Waals surface area contributed by atoms with E-state index < -0.39 is 0 Å². The summed E-state index contributed by atoms with van der Waals surface area (Å²) < 4.78 is 5.12. The van der Waals surface area contributed by atoms with Crippen molar-refractivity contribution in [3.63, 3.8) is 0 Å². The Balaban J connectivity index is 2.04. The molecule has 0 bridgehead atoms. The average Bonchev–Trinajstić information content (AvgIpc) is 2.78. The molecule has 1 aliphatic carbocycles. The van der Waals surface area contributed by atoms with Gasteiger partial charge < -0.3 is 4.52 Å². The summed E-state index contributed by atoms with van der Waals surface area (Å²) in [6.07, 6.45) is 3.64. The zero-order chi connectivity index (χ0) is 9.47. The Hall–Kier alpha value is -0.860. The fourth-order valence-corrected chi connectivity index (χ4v) is 1.81. The maximum absolute atomic E-state index is 5.12. The Morgan fingerprint density at radius 3 is 2.62 bits per heavy atom. The predicted molar refractivity (Wildman–Crippen MR) is 49.2 cm³/mol. The van der Waals surface area contributed by atoms with Gasteiger partial charge in [0.15, 0.2) is 5.82 Å². The predicted octanol–water partition coefficient (Wildman–Crippen LogP) is 2.36. The SMILES string of the molecule is Cc1noc(CC(C)(C)C2CC2)n1. The summed E-state index contributed by atoms with van der Waals surface area (Å²) >= 11 is 0. The second-order valence-corrected chi connectivity index (χ2v) is 4.67. The smallest absolute Gasteiger partial charge is 0.227 e. The minimum Gasteiger partial charge on any atom is -0.339 e. The third-order valence-corrected chi connectivity index (χ3v) is 2.86. The number of hydrogen-bond donors (Lipinski definition) is 0. The van der Waals surface area contributed by atoms with Crippen LogP contribution in [0.2, 0.25) is 0 Å². The topological polar surface area (TPSA) is 38.9 Å². The second-order valence-electron chi connectivity index (χ2n) is 4.67. The first-order valence-electron chi connectivity index (χ1n) is 4.87. The average molecular weight is 180 g/mol. The molecule has 1 fully saturated rings. The zero-order valence-electron chi connectivity index (χ0n) is 8.50. The van der Waals surface area contributed by atoms with Gasteiger partial charge in [-0.05, 0) is 31.1 Å². The van der Waals surface area contributed by atoms with Gasteiger partial charge in [-0.3, -0.25) is 0 Å². The number of nitrogens with zero attached hydrogens (tertiary/aromatic N) is 2. The molecular formula is C10H16N2O. The molecule has 3 nitrogen and oxygen atoms in total. The van der Waals surface area contributed by atoms with E-state index in [-0.39, 0.29) is 0 Å². The van der Waals surface area contributed by atoms with Crippen molar-refractivity contribution < 1.29 is 4.52 Å². The van der Waals surface area contributed by atoms with Crippen LogP contribution in [0.25, 0.3) is 0 Å². The molecule has 1 aromatic heterocycles. The molecule has 0 unspecified atom stereocenters. The van der Waals surface area contributed by atoms with Crippen LogP contribution >= 0.6 is 0 Å². The summed E-state index contributed by atoms with van der Waals surface area (Å²) in [6.45, 7) is 6.42. The highest BCUT2D eigenvalue weighted by molar-refractivity contribution is 4.95. The monoisotopic (exact) mass is 180 g/mol. The van der Waals surface area contributed by atoms with Crippen molar-refractivity contribution in [3.8, 4) is 0 Å². The van der Waals surface area contributed by atoms with Gasteiger partial charge in [0.1, 0.15) is 0 Å². The standard InChI is InChI=1S/C10H16N2O/c1-7-11-9(13-12-7)6-10(2,3)8-4-5-8/h8H,4-6H2,1-3H3.